The van der Waals surface area contributed by atoms with Gasteiger partial charge in [-0.25, -0.2) is 4.79 Å². The van der Waals surface area contributed by atoms with E-state index in [0.29, 0.717) is 18.7 Å². The molecule has 2 aromatic rings. The molecule has 2 N–H and O–H groups in total. The Bertz CT molecular complexity index is 1030. The minimum atomic E-state index is -0.577. The van der Waals surface area contributed by atoms with Gasteiger partial charge in [-0.15, -0.1) is 0 Å². The number of amides is 3. The van der Waals surface area contributed by atoms with Gasteiger partial charge in [-0.2, -0.15) is 0 Å². The molecule has 1 saturated heterocycles. The van der Waals surface area contributed by atoms with E-state index in [4.69, 9.17) is 4.74 Å². The summed E-state index contributed by atoms with van der Waals surface area (Å²) in [7, 11) is 0. The van der Waals surface area contributed by atoms with E-state index in [2.05, 4.69) is 27.8 Å². The summed E-state index contributed by atoms with van der Waals surface area (Å²) in [6, 6.07) is 8.97. The van der Waals surface area contributed by atoms with Crippen molar-refractivity contribution in [1.82, 2.24) is 20.5 Å². The van der Waals surface area contributed by atoms with Crippen LogP contribution in [0, 0.1) is 0 Å². The Morgan fingerprint density at radius 3 is 2.76 bits per heavy atom. The van der Waals surface area contributed by atoms with Crippen LogP contribution in [0.15, 0.2) is 42.7 Å². The van der Waals surface area contributed by atoms with Crippen LogP contribution in [0.2, 0.25) is 0 Å². The highest BCUT2D eigenvalue weighted by Crippen LogP contribution is 2.25. The molecule has 2 aliphatic rings. The topological polar surface area (TPSA) is 104 Å². The smallest absolute Gasteiger partial charge is 0.325 e. The average Bonchev–Trinajstić information content (AvgIpc) is 3.04. The van der Waals surface area contributed by atoms with Crippen molar-refractivity contribution in [2.45, 2.75) is 32.2 Å². The van der Waals surface area contributed by atoms with E-state index in [0.717, 1.165) is 31.6 Å². The van der Waals surface area contributed by atoms with Gasteiger partial charge >= 0.3 is 12.0 Å². The minimum absolute atomic E-state index is 0.00464. The fraction of sp³-hybridized carbons (Fsp3) is 0.440. The van der Waals surface area contributed by atoms with Gasteiger partial charge in [-0.1, -0.05) is 12.1 Å². The third-order valence-corrected chi connectivity index (χ3v) is 6.17. The van der Waals surface area contributed by atoms with Crippen LogP contribution in [0.3, 0.4) is 0 Å². The van der Waals surface area contributed by atoms with Gasteiger partial charge in [-0.3, -0.25) is 19.5 Å². The molecule has 2 aliphatic heterocycles. The van der Waals surface area contributed by atoms with E-state index in [1.165, 1.54) is 16.0 Å². The summed E-state index contributed by atoms with van der Waals surface area (Å²) in [6.07, 6.45) is 5.16. The number of benzene rings is 1. The average molecular weight is 466 g/mol. The molecular formula is C25H31N5O4. The molecule has 9 heteroatoms. The van der Waals surface area contributed by atoms with Crippen molar-refractivity contribution in [2.75, 3.05) is 44.2 Å². The van der Waals surface area contributed by atoms with Crippen molar-refractivity contribution in [3.63, 3.8) is 0 Å². The highest BCUT2D eigenvalue weighted by molar-refractivity contribution is 5.96. The lowest BCUT2D eigenvalue weighted by Crippen LogP contribution is -2.41. The molecule has 3 heterocycles. The Morgan fingerprint density at radius 1 is 1.18 bits per heavy atom. The monoisotopic (exact) mass is 465 g/mol. The number of nitrogens with zero attached hydrogens (tertiary/aromatic N) is 3. The van der Waals surface area contributed by atoms with Crippen LogP contribution in [-0.4, -0.2) is 67.1 Å². The molecule has 0 bridgehead atoms. The maximum atomic E-state index is 13.1. The normalized spacial score (nSPS) is 16.6. The Kier molecular flexibility index (Phi) is 7.74. The second-order valence-electron chi connectivity index (χ2n) is 8.47. The van der Waals surface area contributed by atoms with Crippen LogP contribution in [0.1, 0.15) is 36.1 Å². The number of carbonyl (C=O) groups is 3. The zero-order valence-electron chi connectivity index (χ0n) is 19.5. The van der Waals surface area contributed by atoms with Gasteiger partial charge in [0.25, 0.3) is 0 Å². The maximum absolute atomic E-state index is 13.1. The van der Waals surface area contributed by atoms with Crippen molar-refractivity contribution in [3.8, 4) is 0 Å². The van der Waals surface area contributed by atoms with Crippen molar-refractivity contribution in [1.29, 1.82) is 0 Å². The van der Waals surface area contributed by atoms with E-state index < -0.39 is 12.0 Å². The summed E-state index contributed by atoms with van der Waals surface area (Å²) >= 11 is 0. The number of hydrogen-bond donors (Lipinski definition) is 2. The minimum Gasteiger partial charge on any atom is -0.466 e. The molecule has 3 amide bonds. The number of fused-ring (bicyclic) bond motifs is 1. The fourth-order valence-electron chi connectivity index (χ4n) is 4.43. The van der Waals surface area contributed by atoms with Crippen molar-refractivity contribution in [3.05, 3.63) is 59.4 Å². The summed E-state index contributed by atoms with van der Waals surface area (Å²) in [4.78, 5) is 45.3. The molecule has 180 valence electrons. The number of aromatic nitrogens is 1. The molecule has 0 aliphatic carbocycles. The number of urea groups is 1. The number of nitrogens with one attached hydrogen (secondary N) is 2. The second kappa shape index (κ2) is 11.1. The number of hydrogen-bond acceptors (Lipinski definition) is 6. The van der Waals surface area contributed by atoms with Crippen molar-refractivity contribution < 1.29 is 19.1 Å². The first-order chi connectivity index (χ1) is 16.5. The molecule has 0 radical (unpaired) electrons. The number of carbonyl (C=O) groups excluding carboxylic acids is 3. The molecule has 0 saturated carbocycles. The molecule has 1 unspecified atom stereocenters. The first kappa shape index (κ1) is 23.7. The lowest BCUT2D eigenvalue weighted by atomic mass is 10.0. The van der Waals surface area contributed by atoms with Gasteiger partial charge in [0.15, 0.2) is 0 Å². The van der Waals surface area contributed by atoms with Gasteiger partial charge in [0.1, 0.15) is 6.54 Å². The highest BCUT2D eigenvalue weighted by atomic mass is 16.5. The number of esters is 1. The molecular weight excluding hydrogens is 434 g/mol. The summed E-state index contributed by atoms with van der Waals surface area (Å²) in [5, 5.41) is 6.27. The van der Waals surface area contributed by atoms with E-state index in [1.54, 1.807) is 36.4 Å². The Morgan fingerprint density at radius 2 is 2.00 bits per heavy atom. The maximum Gasteiger partial charge on any atom is 0.325 e. The molecule has 34 heavy (non-hydrogen) atoms. The molecule has 9 nitrogen and oxygen atoms in total. The standard InChI is InChI=1S/C25H31N5O4/c1-2-34-24(32)15-22(20-4-3-9-27-16-20)28-23(31)17-29-12-13-30(25(29)33)21-6-5-18-7-10-26-11-8-19(18)14-21/h3-6,9,14,16,22,26H,2,7-8,10-13,15,17H2,1H3,(H,28,31). The predicted octanol–water partition coefficient (Wildman–Crippen LogP) is 1.82. The van der Waals surface area contributed by atoms with E-state index in [9.17, 15) is 14.4 Å². The van der Waals surface area contributed by atoms with Gasteiger partial charge in [0.05, 0.1) is 19.1 Å². The lowest BCUT2D eigenvalue weighted by Gasteiger charge is -2.22. The van der Waals surface area contributed by atoms with E-state index in [1.807, 2.05) is 6.07 Å². The van der Waals surface area contributed by atoms with Crippen LogP contribution < -0.4 is 15.5 Å². The highest BCUT2D eigenvalue weighted by Gasteiger charge is 2.32. The number of pyridine rings is 1. The van der Waals surface area contributed by atoms with Crippen LogP contribution in [-0.2, 0) is 27.2 Å². The van der Waals surface area contributed by atoms with Gasteiger partial charge in [0, 0.05) is 31.2 Å². The van der Waals surface area contributed by atoms with Crippen LogP contribution in [0.4, 0.5) is 10.5 Å². The third kappa shape index (κ3) is 5.72. The SMILES string of the molecule is CCOC(=O)CC(NC(=O)CN1CCN(c2ccc3c(c2)CCNCC3)C1=O)c1cccnc1. The van der Waals surface area contributed by atoms with Crippen molar-refractivity contribution in [2.24, 2.45) is 0 Å². The van der Waals surface area contributed by atoms with E-state index >= 15 is 0 Å². The third-order valence-electron chi connectivity index (χ3n) is 6.17. The molecule has 0 spiro atoms. The number of ether oxygens (including phenoxy) is 1. The Hall–Kier alpha value is -3.46. The predicted molar refractivity (Wildman–Crippen MR) is 127 cm³/mol. The second-order valence-corrected chi connectivity index (χ2v) is 8.47. The number of rotatable bonds is 8. The number of anilines is 1. The van der Waals surface area contributed by atoms with Gasteiger partial charge < -0.3 is 20.3 Å². The van der Waals surface area contributed by atoms with Gasteiger partial charge in [-0.05, 0) is 67.7 Å². The van der Waals surface area contributed by atoms with Gasteiger partial charge in [0.2, 0.25) is 5.91 Å². The zero-order valence-corrected chi connectivity index (χ0v) is 19.5. The molecule has 1 fully saturated rings. The Balaban J connectivity index is 1.39. The summed E-state index contributed by atoms with van der Waals surface area (Å²) < 4.78 is 5.05. The Labute approximate surface area is 199 Å². The summed E-state index contributed by atoms with van der Waals surface area (Å²) in [5.41, 5.74) is 4.16. The molecule has 4 rings (SSSR count). The molecule has 1 aromatic carbocycles. The van der Waals surface area contributed by atoms with Crippen LogP contribution in [0.5, 0.6) is 0 Å². The fourth-order valence-corrected chi connectivity index (χ4v) is 4.43. The van der Waals surface area contributed by atoms with E-state index in [-0.39, 0.29) is 31.5 Å². The van der Waals surface area contributed by atoms with Crippen molar-refractivity contribution >= 4 is 23.6 Å². The quantitative estimate of drug-likeness (QED) is 0.577. The first-order valence-corrected chi connectivity index (χ1v) is 11.8. The summed E-state index contributed by atoms with van der Waals surface area (Å²) in [5.74, 6) is -0.736. The largest absolute Gasteiger partial charge is 0.466 e. The molecule has 1 atom stereocenters. The van der Waals surface area contributed by atoms with Crippen LogP contribution >= 0.6 is 0 Å². The zero-order chi connectivity index (χ0) is 23.9. The first-order valence-electron chi connectivity index (χ1n) is 11.8. The molecule has 1 aromatic heterocycles. The van der Waals surface area contributed by atoms with Crippen LogP contribution in [0.25, 0.3) is 0 Å². The lowest BCUT2D eigenvalue weighted by molar-refractivity contribution is -0.143. The summed E-state index contributed by atoms with van der Waals surface area (Å²) in [6.45, 7) is 4.81.